The monoisotopic (exact) mass is 240 g/mol. The summed E-state index contributed by atoms with van der Waals surface area (Å²) in [5, 5.41) is 14.4. The van der Waals surface area contributed by atoms with Crippen molar-refractivity contribution in [2.24, 2.45) is 0 Å². The van der Waals surface area contributed by atoms with Crippen LogP contribution < -0.4 is 5.32 Å². The third-order valence-electron chi connectivity index (χ3n) is 3.28. The first-order chi connectivity index (χ1) is 7.58. The molecule has 1 aliphatic rings. The molecule has 1 aliphatic carbocycles. The Labute approximate surface area is 101 Å². The zero-order valence-electron chi connectivity index (χ0n) is 10.2. The second kappa shape index (κ2) is 4.82. The van der Waals surface area contributed by atoms with Crippen LogP contribution in [0.15, 0.2) is 0 Å². The molecule has 1 fully saturated rings. The van der Waals surface area contributed by atoms with Crippen LogP contribution in [0.5, 0.6) is 0 Å². The number of nitrogens with zero attached hydrogens (tertiary/aromatic N) is 1. The van der Waals surface area contributed by atoms with E-state index in [4.69, 9.17) is 0 Å². The zero-order valence-corrected chi connectivity index (χ0v) is 11.0. The number of aromatic nitrogens is 1. The van der Waals surface area contributed by atoms with Crippen molar-refractivity contribution in [3.8, 4) is 0 Å². The summed E-state index contributed by atoms with van der Waals surface area (Å²) in [6.07, 6.45) is 2.98. The molecule has 1 aromatic heterocycles. The van der Waals surface area contributed by atoms with Gasteiger partial charge in [-0.3, -0.25) is 0 Å². The Morgan fingerprint density at radius 1 is 1.44 bits per heavy atom. The molecule has 0 spiro atoms. The van der Waals surface area contributed by atoms with Gasteiger partial charge in [0.2, 0.25) is 0 Å². The number of aryl methyl sites for hydroxylation is 2. The molecular weight excluding hydrogens is 220 g/mol. The van der Waals surface area contributed by atoms with E-state index < -0.39 is 0 Å². The van der Waals surface area contributed by atoms with Crippen LogP contribution in [0.4, 0.5) is 0 Å². The Kier molecular flexibility index (Phi) is 3.62. The first-order valence-electron chi connectivity index (χ1n) is 5.96. The van der Waals surface area contributed by atoms with Crippen molar-refractivity contribution in [3.63, 3.8) is 0 Å². The fourth-order valence-electron chi connectivity index (χ4n) is 2.48. The SMILES string of the molecule is Cc1nc(C)c(C(C)NC2CCCC2O)s1. The number of nitrogens with one attached hydrogen (secondary N) is 1. The molecule has 1 saturated carbocycles. The van der Waals surface area contributed by atoms with Gasteiger partial charge in [-0.25, -0.2) is 4.98 Å². The fraction of sp³-hybridized carbons (Fsp3) is 0.750. The van der Waals surface area contributed by atoms with E-state index in [0.717, 1.165) is 30.0 Å². The standard InChI is InChI=1S/C12H20N2OS/c1-7-12(16-9(3)13-7)8(2)14-10-5-4-6-11(10)15/h8,10-11,14-15H,4-6H2,1-3H3. The normalized spacial score (nSPS) is 27.2. The zero-order chi connectivity index (χ0) is 11.7. The van der Waals surface area contributed by atoms with Gasteiger partial charge in [0.25, 0.3) is 0 Å². The number of aliphatic hydroxyl groups excluding tert-OH is 1. The summed E-state index contributed by atoms with van der Waals surface area (Å²) >= 11 is 1.75. The van der Waals surface area contributed by atoms with Gasteiger partial charge in [-0.1, -0.05) is 0 Å². The molecule has 3 unspecified atom stereocenters. The van der Waals surface area contributed by atoms with Gasteiger partial charge in [0.1, 0.15) is 0 Å². The Morgan fingerprint density at radius 3 is 2.69 bits per heavy atom. The Bertz CT molecular complexity index is 364. The lowest BCUT2D eigenvalue weighted by molar-refractivity contribution is 0.144. The van der Waals surface area contributed by atoms with Crippen molar-refractivity contribution < 1.29 is 5.11 Å². The summed E-state index contributed by atoms with van der Waals surface area (Å²) in [6, 6.07) is 0.556. The molecule has 1 heterocycles. The van der Waals surface area contributed by atoms with Crippen LogP contribution in [-0.4, -0.2) is 22.2 Å². The third kappa shape index (κ3) is 2.44. The summed E-state index contributed by atoms with van der Waals surface area (Å²) in [7, 11) is 0. The second-order valence-corrected chi connectivity index (χ2v) is 5.91. The first-order valence-corrected chi connectivity index (χ1v) is 6.77. The summed E-state index contributed by atoms with van der Waals surface area (Å²) in [5.74, 6) is 0. The van der Waals surface area contributed by atoms with Gasteiger partial charge in [0.15, 0.2) is 0 Å². The molecule has 0 saturated heterocycles. The molecular formula is C12H20N2OS. The molecule has 2 rings (SSSR count). The van der Waals surface area contributed by atoms with Crippen LogP contribution in [0, 0.1) is 13.8 Å². The van der Waals surface area contributed by atoms with E-state index in [1.807, 2.05) is 6.92 Å². The second-order valence-electron chi connectivity index (χ2n) is 4.68. The average Bonchev–Trinajstić information content (AvgIpc) is 2.74. The van der Waals surface area contributed by atoms with Gasteiger partial charge in [-0.05, 0) is 40.0 Å². The lowest BCUT2D eigenvalue weighted by Gasteiger charge is -2.21. The maximum Gasteiger partial charge on any atom is 0.0900 e. The highest BCUT2D eigenvalue weighted by Gasteiger charge is 2.27. The number of thiazole rings is 1. The average molecular weight is 240 g/mol. The van der Waals surface area contributed by atoms with Crippen molar-refractivity contribution >= 4 is 11.3 Å². The summed E-state index contributed by atoms with van der Waals surface area (Å²) in [5.41, 5.74) is 1.12. The Morgan fingerprint density at radius 2 is 2.19 bits per heavy atom. The lowest BCUT2D eigenvalue weighted by atomic mass is 10.1. The Balaban J connectivity index is 2.02. The molecule has 0 aromatic carbocycles. The Hall–Kier alpha value is -0.450. The summed E-state index contributed by atoms with van der Waals surface area (Å²) in [4.78, 5) is 5.74. The molecule has 0 bridgehead atoms. The van der Waals surface area contributed by atoms with E-state index >= 15 is 0 Å². The molecule has 0 aliphatic heterocycles. The predicted octanol–water partition coefficient (Wildman–Crippen LogP) is 2.32. The van der Waals surface area contributed by atoms with Crippen molar-refractivity contribution in [2.45, 2.75) is 58.2 Å². The van der Waals surface area contributed by atoms with Gasteiger partial charge >= 0.3 is 0 Å². The topological polar surface area (TPSA) is 45.2 Å². The molecule has 16 heavy (non-hydrogen) atoms. The lowest BCUT2D eigenvalue weighted by Crippen LogP contribution is -2.37. The van der Waals surface area contributed by atoms with Crippen molar-refractivity contribution in [1.82, 2.24) is 10.3 Å². The van der Waals surface area contributed by atoms with Crippen LogP contribution in [0.3, 0.4) is 0 Å². The fourth-order valence-corrected chi connectivity index (χ4v) is 3.42. The number of aliphatic hydroxyl groups is 1. The van der Waals surface area contributed by atoms with Gasteiger partial charge in [-0.15, -0.1) is 11.3 Å². The predicted molar refractivity (Wildman–Crippen MR) is 66.8 cm³/mol. The number of hydrogen-bond donors (Lipinski definition) is 2. The third-order valence-corrected chi connectivity index (χ3v) is 4.53. The first kappa shape index (κ1) is 12.0. The molecule has 2 N–H and O–H groups in total. The van der Waals surface area contributed by atoms with Crippen LogP contribution in [0.25, 0.3) is 0 Å². The molecule has 3 nitrogen and oxygen atoms in total. The highest BCUT2D eigenvalue weighted by molar-refractivity contribution is 7.11. The van der Waals surface area contributed by atoms with Crippen LogP contribution in [0.2, 0.25) is 0 Å². The highest BCUT2D eigenvalue weighted by atomic mass is 32.1. The minimum Gasteiger partial charge on any atom is -0.392 e. The molecule has 90 valence electrons. The van der Waals surface area contributed by atoms with Gasteiger partial charge in [0.05, 0.1) is 16.8 Å². The quantitative estimate of drug-likeness (QED) is 0.852. The van der Waals surface area contributed by atoms with E-state index in [1.165, 1.54) is 4.88 Å². The highest BCUT2D eigenvalue weighted by Crippen LogP contribution is 2.27. The maximum atomic E-state index is 9.78. The van der Waals surface area contributed by atoms with E-state index in [0.29, 0.717) is 6.04 Å². The van der Waals surface area contributed by atoms with Crippen LogP contribution in [0.1, 0.15) is 47.8 Å². The van der Waals surface area contributed by atoms with Gasteiger partial charge in [0, 0.05) is 17.0 Å². The van der Waals surface area contributed by atoms with Gasteiger partial charge in [-0.2, -0.15) is 0 Å². The minimum absolute atomic E-state index is 0.170. The number of hydrogen-bond acceptors (Lipinski definition) is 4. The van der Waals surface area contributed by atoms with Crippen molar-refractivity contribution in [2.75, 3.05) is 0 Å². The summed E-state index contributed by atoms with van der Waals surface area (Å²) in [6.45, 7) is 6.26. The smallest absolute Gasteiger partial charge is 0.0900 e. The largest absolute Gasteiger partial charge is 0.392 e. The van der Waals surface area contributed by atoms with Crippen molar-refractivity contribution in [3.05, 3.63) is 15.6 Å². The van der Waals surface area contributed by atoms with Crippen molar-refractivity contribution in [1.29, 1.82) is 0 Å². The maximum absolute atomic E-state index is 9.78. The summed E-state index contributed by atoms with van der Waals surface area (Å²) < 4.78 is 0. The number of rotatable bonds is 3. The van der Waals surface area contributed by atoms with Crippen LogP contribution >= 0.6 is 11.3 Å². The molecule has 4 heteroatoms. The van der Waals surface area contributed by atoms with E-state index in [1.54, 1.807) is 11.3 Å². The van der Waals surface area contributed by atoms with E-state index in [2.05, 4.69) is 24.1 Å². The van der Waals surface area contributed by atoms with Gasteiger partial charge < -0.3 is 10.4 Å². The minimum atomic E-state index is -0.170. The van der Waals surface area contributed by atoms with E-state index in [-0.39, 0.29) is 12.1 Å². The molecule has 3 atom stereocenters. The molecule has 0 radical (unpaired) electrons. The van der Waals surface area contributed by atoms with Crippen LogP contribution in [-0.2, 0) is 0 Å². The molecule has 0 amide bonds. The van der Waals surface area contributed by atoms with E-state index in [9.17, 15) is 5.11 Å². The molecule has 1 aromatic rings.